The van der Waals surface area contributed by atoms with Crippen LogP contribution in [0, 0.1) is 0 Å². The Morgan fingerprint density at radius 2 is 1.62 bits per heavy atom. The molecule has 1 aromatic heterocycles. The number of aliphatic carboxylic acids is 1. The van der Waals surface area contributed by atoms with Crippen molar-refractivity contribution in [1.29, 1.82) is 0 Å². The molecule has 8 heteroatoms. The van der Waals surface area contributed by atoms with E-state index < -0.39 is 12.0 Å². The van der Waals surface area contributed by atoms with Crippen LogP contribution in [-0.2, 0) is 24.9 Å². The van der Waals surface area contributed by atoms with Gasteiger partial charge in [0.25, 0.3) is 0 Å². The molecule has 0 amide bonds. The maximum absolute atomic E-state index is 13.1. The molecule has 5 rings (SSSR count). The first-order valence-electron chi connectivity index (χ1n) is 12.8. The van der Waals surface area contributed by atoms with Crippen molar-refractivity contribution in [3.8, 4) is 11.5 Å². The molecular formula is C32H29N3O5. The Labute approximate surface area is 231 Å². The molecule has 202 valence electrons. The van der Waals surface area contributed by atoms with Crippen molar-refractivity contribution in [1.82, 2.24) is 9.55 Å². The lowest BCUT2D eigenvalue weighted by Gasteiger charge is -2.18. The Balaban J connectivity index is 1.26. The highest BCUT2D eigenvalue weighted by Crippen LogP contribution is 2.24. The monoisotopic (exact) mass is 535 g/mol. The minimum absolute atomic E-state index is 0.172. The summed E-state index contributed by atoms with van der Waals surface area (Å²) >= 11 is 0. The molecule has 0 fully saturated rings. The number of imidazole rings is 1. The minimum Gasteiger partial charge on any atom is -0.497 e. The number of fused-ring (bicyclic) bond motifs is 1. The Hall–Kier alpha value is -5.11. The number of rotatable bonds is 11. The molecule has 5 aromatic rings. The molecule has 0 aliphatic rings. The quantitative estimate of drug-likeness (QED) is 0.215. The van der Waals surface area contributed by atoms with Crippen molar-refractivity contribution in [3.05, 3.63) is 120 Å². The van der Waals surface area contributed by atoms with E-state index in [0.29, 0.717) is 22.6 Å². The SMILES string of the molecule is COc1ccc2nc(COc3ccc(C[C@H](Nc4ccccc4C(=O)c4ccccc4)C(=O)O)cc3)n(C)c2c1. The van der Waals surface area contributed by atoms with Crippen LogP contribution in [0.1, 0.15) is 27.3 Å². The molecule has 0 bridgehead atoms. The van der Waals surface area contributed by atoms with Gasteiger partial charge in [0.05, 0.1) is 18.1 Å². The van der Waals surface area contributed by atoms with Gasteiger partial charge in [0.1, 0.15) is 30.0 Å². The van der Waals surface area contributed by atoms with E-state index in [1.165, 1.54) is 0 Å². The van der Waals surface area contributed by atoms with Crippen LogP contribution >= 0.6 is 0 Å². The number of aromatic nitrogens is 2. The number of nitrogens with zero attached hydrogens (tertiary/aromatic N) is 2. The van der Waals surface area contributed by atoms with Crippen LogP contribution in [0.15, 0.2) is 97.1 Å². The van der Waals surface area contributed by atoms with Crippen LogP contribution in [0.3, 0.4) is 0 Å². The summed E-state index contributed by atoms with van der Waals surface area (Å²) in [4.78, 5) is 29.9. The summed E-state index contributed by atoms with van der Waals surface area (Å²) in [6.07, 6.45) is 0.218. The van der Waals surface area contributed by atoms with Gasteiger partial charge in [-0.25, -0.2) is 9.78 Å². The summed E-state index contributed by atoms with van der Waals surface area (Å²) in [5.74, 6) is 0.993. The number of ether oxygens (including phenoxy) is 2. The van der Waals surface area contributed by atoms with Crippen molar-refractivity contribution in [2.45, 2.75) is 19.1 Å². The van der Waals surface area contributed by atoms with Gasteiger partial charge in [-0.1, -0.05) is 54.6 Å². The summed E-state index contributed by atoms with van der Waals surface area (Å²) in [5, 5.41) is 13.0. The highest BCUT2D eigenvalue weighted by atomic mass is 16.5. The highest BCUT2D eigenvalue weighted by Gasteiger charge is 2.21. The van der Waals surface area contributed by atoms with Crippen LogP contribution in [-0.4, -0.2) is 39.6 Å². The summed E-state index contributed by atoms with van der Waals surface area (Å²) in [6, 6.07) is 28.0. The van der Waals surface area contributed by atoms with Gasteiger partial charge < -0.3 is 24.5 Å². The number of carbonyl (C=O) groups excluding carboxylic acids is 1. The number of ketones is 1. The van der Waals surface area contributed by atoms with Gasteiger partial charge in [0, 0.05) is 36.3 Å². The Kier molecular flexibility index (Phi) is 7.77. The molecule has 0 aliphatic heterocycles. The number of carbonyl (C=O) groups is 2. The summed E-state index contributed by atoms with van der Waals surface area (Å²) in [5.41, 5.74) is 4.06. The molecule has 0 spiro atoms. The number of benzene rings is 4. The third-order valence-electron chi connectivity index (χ3n) is 6.75. The zero-order chi connectivity index (χ0) is 28.1. The predicted octanol–water partition coefficient (Wildman–Crippen LogP) is 5.50. The number of carboxylic acid groups (broad SMARTS) is 1. The number of carboxylic acids is 1. The van der Waals surface area contributed by atoms with Gasteiger partial charge in [0.2, 0.25) is 0 Å². The predicted molar refractivity (Wildman–Crippen MR) is 153 cm³/mol. The first-order chi connectivity index (χ1) is 19.4. The van der Waals surface area contributed by atoms with Gasteiger partial charge >= 0.3 is 5.97 Å². The first-order valence-corrected chi connectivity index (χ1v) is 12.8. The van der Waals surface area contributed by atoms with E-state index in [4.69, 9.17) is 9.47 Å². The minimum atomic E-state index is -1.01. The van der Waals surface area contributed by atoms with Gasteiger partial charge in [-0.05, 0) is 42.0 Å². The van der Waals surface area contributed by atoms with Crippen LogP contribution in [0.2, 0.25) is 0 Å². The van der Waals surface area contributed by atoms with Crippen molar-refractivity contribution in [3.63, 3.8) is 0 Å². The maximum atomic E-state index is 13.1. The lowest BCUT2D eigenvalue weighted by Crippen LogP contribution is -2.32. The Morgan fingerprint density at radius 1 is 0.925 bits per heavy atom. The fraction of sp³-hybridized carbons (Fsp3) is 0.156. The molecule has 0 saturated carbocycles. The average Bonchev–Trinajstić information content (AvgIpc) is 3.31. The van der Waals surface area contributed by atoms with E-state index >= 15 is 0 Å². The molecule has 1 atom stereocenters. The molecule has 4 aromatic carbocycles. The molecule has 1 heterocycles. The topological polar surface area (TPSA) is 103 Å². The molecule has 0 saturated heterocycles. The average molecular weight is 536 g/mol. The third-order valence-corrected chi connectivity index (χ3v) is 6.75. The molecule has 0 radical (unpaired) electrons. The second-order valence-electron chi connectivity index (χ2n) is 9.35. The van der Waals surface area contributed by atoms with Gasteiger partial charge in [-0.3, -0.25) is 4.79 Å². The number of nitrogens with one attached hydrogen (secondary N) is 1. The fourth-order valence-corrected chi connectivity index (χ4v) is 4.52. The zero-order valence-corrected chi connectivity index (χ0v) is 22.2. The lowest BCUT2D eigenvalue weighted by molar-refractivity contribution is -0.137. The first kappa shape index (κ1) is 26.5. The van der Waals surface area contributed by atoms with Crippen molar-refractivity contribution >= 4 is 28.5 Å². The van der Waals surface area contributed by atoms with Crippen molar-refractivity contribution in [2.24, 2.45) is 7.05 Å². The standard InChI is InChI=1S/C32H29N3O5/c1-35-29-19-24(39-2)16-17-27(29)34-30(35)20-40-23-14-12-21(13-15-23)18-28(32(37)38)33-26-11-7-6-10-25(26)31(36)22-8-4-3-5-9-22/h3-17,19,28,33H,18,20H2,1-2H3,(H,37,38)/t28-/m0/s1. The zero-order valence-electron chi connectivity index (χ0n) is 22.2. The van der Waals surface area contributed by atoms with Crippen LogP contribution in [0.25, 0.3) is 11.0 Å². The van der Waals surface area contributed by atoms with Crippen molar-refractivity contribution < 1.29 is 24.2 Å². The van der Waals surface area contributed by atoms with Gasteiger partial charge in [0.15, 0.2) is 5.78 Å². The van der Waals surface area contributed by atoms with E-state index in [-0.39, 0.29) is 18.8 Å². The summed E-state index contributed by atoms with van der Waals surface area (Å²) in [6.45, 7) is 0.276. The number of anilines is 1. The molecule has 0 aliphatic carbocycles. The Morgan fingerprint density at radius 3 is 2.35 bits per heavy atom. The molecule has 40 heavy (non-hydrogen) atoms. The second kappa shape index (κ2) is 11.7. The second-order valence-corrected chi connectivity index (χ2v) is 9.35. The largest absolute Gasteiger partial charge is 0.497 e. The lowest BCUT2D eigenvalue weighted by atomic mass is 10.00. The van der Waals surface area contributed by atoms with Crippen LogP contribution in [0.5, 0.6) is 11.5 Å². The molecular weight excluding hydrogens is 506 g/mol. The molecule has 0 unspecified atom stereocenters. The number of hydrogen-bond donors (Lipinski definition) is 2. The number of para-hydroxylation sites is 1. The van der Waals surface area contributed by atoms with Crippen LogP contribution in [0.4, 0.5) is 5.69 Å². The number of aryl methyl sites for hydroxylation is 1. The van der Waals surface area contributed by atoms with Gasteiger partial charge in [-0.15, -0.1) is 0 Å². The molecule has 2 N–H and O–H groups in total. The highest BCUT2D eigenvalue weighted by molar-refractivity contribution is 6.12. The van der Waals surface area contributed by atoms with Crippen molar-refractivity contribution in [2.75, 3.05) is 12.4 Å². The number of methoxy groups -OCH3 is 1. The smallest absolute Gasteiger partial charge is 0.326 e. The van der Waals surface area contributed by atoms with E-state index in [1.807, 2.05) is 60.1 Å². The van der Waals surface area contributed by atoms with Gasteiger partial charge in [-0.2, -0.15) is 0 Å². The normalized spacial score (nSPS) is 11.7. The van der Waals surface area contributed by atoms with E-state index in [9.17, 15) is 14.7 Å². The van der Waals surface area contributed by atoms with E-state index in [0.717, 1.165) is 28.2 Å². The number of hydrogen-bond acceptors (Lipinski definition) is 6. The maximum Gasteiger partial charge on any atom is 0.326 e. The summed E-state index contributed by atoms with van der Waals surface area (Å²) in [7, 11) is 3.56. The Bertz CT molecular complexity index is 1650. The molecule has 8 nitrogen and oxygen atoms in total. The van der Waals surface area contributed by atoms with Crippen LogP contribution < -0.4 is 14.8 Å². The summed E-state index contributed by atoms with van der Waals surface area (Å²) < 4.78 is 13.2. The fourth-order valence-electron chi connectivity index (χ4n) is 4.52. The third kappa shape index (κ3) is 5.81. The van der Waals surface area contributed by atoms with E-state index in [2.05, 4.69) is 10.3 Å². The van der Waals surface area contributed by atoms with E-state index in [1.54, 1.807) is 55.6 Å².